The van der Waals surface area contributed by atoms with Gasteiger partial charge in [-0.2, -0.15) is 13.2 Å². The standard InChI is InChI=1S/C17H14F3N3O/c1-11-21-14-9-13(22-16(24)17(18,19)20)7-8-15(14)23(11)10-12-5-3-2-4-6-12/h2-9H,10H2,1H3,(H,22,24). The van der Waals surface area contributed by atoms with Crippen LogP contribution in [0.1, 0.15) is 11.4 Å². The Balaban J connectivity index is 1.91. The van der Waals surface area contributed by atoms with E-state index >= 15 is 0 Å². The van der Waals surface area contributed by atoms with Gasteiger partial charge in [-0.3, -0.25) is 4.79 Å². The van der Waals surface area contributed by atoms with Crippen molar-refractivity contribution in [1.29, 1.82) is 0 Å². The molecule has 24 heavy (non-hydrogen) atoms. The van der Waals surface area contributed by atoms with Gasteiger partial charge in [0.25, 0.3) is 0 Å². The summed E-state index contributed by atoms with van der Waals surface area (Å²) in [6.45, 7) is 2.44. The fourth-order valence-electron chi connectivity index (χ4n) is 2.50. The van der Waals surface area contributed by atoms with E-state index in [9.17, 15) is 18.0 Å². The monoisotopic (exact) mass is 333 g/mol. The van der Waals surface area contributed by atoms with Crippen LogP contribution in [-0.2, 0) is 11.3 Å². The third kappa shape index (κ3) is 3.24. The minimum Gasteiger partial charge on any atom is -0.324 e. The van der Waals surface area contributed by atoms with E-state index in [0.29, 0.717) is 12.1 Å². The minimum atomic E-state index is -4.92. The number of rotatable bonds is 3. The number of hydrogen-bond acceptors (Lipinski definition) is 2. The molecule has 7 heteroatoms. The molecule has 0 bridgehead atoms. The van der Waals surface area contributed by atoms with Crippen molar-refractivity contribution in [3.05, 3.63) is 59.9 Å². The summed E-state index contributed by atoms with van der Waals surface area (Å²) in [5, 5.41) is 1.84. The summed E-state index contributed by atoms with van der Waals surface area (Å²) in [7, 11) is 0. The Kier molecular flexibility index (Phi) is 4.01. The van der Waals surface area contributed by atoms with Gasteiger partial charge in [-0.15, -0.1) is 0 Å². The summed E-state index contributed by atoms with van der Waals surface area (Å²) < 4.78 is 39.0. The van der Waals surface area contributed by atoms with Crippen molar-refractivity contribution in [2.45, 2.75) is 19.6 Å². The van der Waals surface area contributed by atoms with Gasteiger partial charge in [0.05, 0.1) is 11.0 Å². The third-order valence-electron chi connectivity index (χ3n) is 3.64. The molecule has 0 spiro atoms. The first-order chi connectivity index (χ1) is 11.3. The topological polar surface area (TPSA) is 46.9 Å². The highest BCUT2D eigenvalue weighted by molar-refractivity contribution is 5.96. The van der Waals surface area contributed by atoms with E-state index in [2.05, 4.69) is 4.98 Å². The van der Waals surface area contributed by atoms with Crippen LogP contribution in [0.5, 0.6) is 0 Å². The van der Waals surface area contributed by atoms with Gasteiger partial charge in [0.15, 0.2) is 0 Å². The zero-order chi connectivity index (χ0) is 17.3. The Morgan fingerprint density at radius 3 is 2.54 bits per heavy atom. The molecule has 1 N–H and O–H groups in total. The molecule has 0 saturated carbocycles. The fourth-order valence-corrected chi connectivity index (χ4v) is 2.50. The smallest absolute Gasteiger partial charge is 0.324 e. The maximum atomic E-state index is 12.3. The highest BCUT2D eigenvalue weighted by Crippen LogP contribution is 2.23. The van der Waals surface area contributed by atoms with Gasteiger partial charge >= 0.3 is 12.1 Å². The quantitative estimate of drug-likeness (QED) is 0.790. The molecule has 4 nitrogen and oxygen atoms in total. The molecule has 0 saturated heterocycles. The number of aryl methyl sites for hydroxylation is 1. The predicted octanol–water partition coefficient (Wildman–Crippen LogP) is 3.89. The van der Waals surface area contributed by atoms with E-state index < -0.39 is 12.1 Å². The third-order valence-corrected chi connectivity index (χ3v) is 3.64. The van der Waals surface area contributed by atoms with E-state index in [0.717, 1.165) is 16.9 Å². The molecule has 0 fully saturated rings. The molecule has 3 rings (SSSR count). The van der Waals surface area contributed by atoms with Gasteiger partial charge in [0.2, 0.25) is 0 Å². The number of carbonyl (C=O) groups is 1. The molecule has 0 aliphatic rings. The molecule has 0 unspecified atom stereocenters. The zero-order valence-corrected chi connectivity index (χ0v) is 12.8. The van der Waals surface area contributed by atoms with Gasteiger partial charge in [-0.05, 0) is 30.7 Å². The maximum Gasteiger partial charge on any atom is 0.471 e. The number of benzene rings is 2. The van der Waals surface area contributed by atoms with Crippen LogP contribution in [0.3, 0.4) is 0 Å². The molecule has 1 heterocycles. The fraction of sp³-hybridized carbons (Fsp3) is 0.176. The van der Waals surface area contributed by atoms with Crippen LogP contribution in [0, 0.1) is 6.92 Å². The van der Waals surface area contributed by atoms with E-state index in [1.807, 2.05) is 47.1 Å². The summed E-state index contributed by atoms with van der Waals surface area (Å²) in [4.78, 5) is 15.4. The van der Waals surface area contributed by atoms with Crippen molar-refractivity contribution in [3.8, 4) is 0 Å². The van der Waals surface area contributed by atoms with Crippen LogP contribution in [0.15, 0.2) is 48.5 Å². The molecular formula is C17H14F3N3O. The van der Waals surface area contributed by atoms with E-state index in [1.54, 1.807) is 6.07 Å². The van der Waals surface area contributed by atoms with Crippen LogP contribution in [0.2, 0.25) is 0 Å². The lowest BCUT2D eigenvalue weighted by Gasteiger charge is -2.09. The number of imidazole rings is 1. The van der Waals surface area contributed by atoms with Crippen LogP contribution in [-0.4, -0.2) is 21.6 Å². The Hall–Kier alpha value is -2.83. The molecule has 1 aromatic heterocycles. The molecule has 0 radical (unpaired) electrons. The Bertz CT molecular complexity index is 885. The van der Waals surface area contributed by atoms with Crippen LogP contribution >= 0.6 is 0 Å². The summed E-state index contributed by atoms with van der Waals surface area (Å²) in [6, 6.07) is 14.3. The Morgan fingerprint density at radius 1 is 1.17 bits per heavy atom. The number of amides is 1. The lowest BCUT2D eigenvalue weighted by Crippen LogP contribution is -2.29. The number of halogens is 3. The SMILES string of the molecule is Cc1nc2cc(NC(=O)C(F)(F)F)ccc2n1Cc1ccccc1. The molecule has 3 aromatic rings. The van der Waals surface area contributed by atoms with Gasteiger partial charge < -0.3 is 9.88 Å². The summed E-state index contributed by atoms with van der Waals surface area (Å²) in [5.41, 5.74) is 2.48. The molecule has 124 valence electrons. The highest BCUT2D eigenvalue weighted by atomic mass is 19.4. The normalized spacial score (nSPS) is 11.7. The van der Waals surface area contributed by atoms with Crippen LogP contribution < -0.4 is 5.32 Å². The average molecular weight is 333 g/mol. The number of alkyl halides is 3. The number of fused-ring (bicyclic) bond motifs is 1. The number of hydrogen-bond donors (Lipinski definition) is 1. The second-order valence-corrected chi connectivity index (χ2v) is 5.39. The Labute approximate surface area is 135 Å². The molecule has 0 aliphatic carbocycles. The number of anilines is 1. The van der Waals surface area contributed by atoms with E-state index in [1.165, 1.54) is 12.1 Å². The number of carbonyl (C=O) groups excluding carboxylic acids is 1. The highest BCUT2D eigenvalue weighted by Gasteiger charge is 2.38. The van der Waals surface area contributed by atoms with Crippen molar-refractivity contribution in [2.75, 3.05) is 5.32 Å². The van der Waals surface area contributed by atoms with E-state index in [-0.39, 0.29) is 5.69 Å². The predicted molar refractivity (Wildman–Crippen MR) is 84.7 cm³/mol. The molecule has 0 aliphatic heterocycles. The van der Waals surface area contributed by atoms with Crippen molar-refractivity contribution in [2.24, 2.45) is 0 Å². The van der Waals surface area contributed by atoms with Crippen molar-refractivity contribution in [3.63, 3.8) is 0 Å². The number of nitrogens with zero attached hydrogens (tertiary/aromatic N) is 2. The lowest BCUT2D eigenvalue weighted by molar-refractivity contribution is -0.167. The molecular weight excluding hydrogens is 319 g/mol. The molecule has 2 aromatic carbocycles. The van der Waals surface area contributed by atoms with E-state index in [4.69, 9.17) is 0 Å². The molecule has 1 amide bonds. The summed E-state index contributed by atoms with van der Waals surface area (Å²) in [5.74, 6) is -1.25. The van der Waals surface area contributed by atoms with Gasteiger partial charge in [0.1, 0.15) is 5.82 Å². The van der Waals surface area contributed by atoms with Gasteiger partial charge in [-0.1, -0.05) is 30.3 Å². The van der Waals surface area contributed by atoms with Crippen molar-refractivity contribution in [1.82, 2.24) is 9.55 Å². The molecule has 0 atom stereocenters. The van der Waals surface area contributed by atoms with Crippen molar-refractivity contribution < 1.29 is 18.0 Å². The second-order valence-electron chi connectivity index (χ2n) is 5.39. The first-order valence-electron chi connectivity index (χ1n) is 7.23. The largest absolute Gasteiger partial charge is 0.471 e. The maximum absolute atomic E-state index is 12.3. The first-order valence-corrected chi connectivity index (χ1v) is 7.23. The Morgan fingerprint density at radius 2 is 1.88 bits per heavy atom. The van der Waals surface area contributed by atoms with Crippen molar-refractivity contribution >= 4 is 22.6 Å². The van der Waals surface area contributed by atoms with Crippen LogP contribution in [0.25, 0.3) is 11.0 Å². The lowest BCUT2D eigenvalue weighted by atomic mass is 10.2. The minimum absolute atomic E-state index is 0.0641. The average Bonchev–Trinajstić information content (AvgIpc) is 2.83. The zero-order valence-electron chi connectivity index (χ0n) is 12.8. The summed E-state index contributed by atoms with van der Waals surface area (Å²) >= 11 is 0. The van der Waals surface area contributed by atoms with Gasteiger partial charge in [-0.25, -0.2) is 4.98 Å². The van der Waals surface area contributed by atoms with Gasteiger partial charge in [0, 0.05) is 12.2 Å². The first kappa shape index (κ1) is 16.0. The number of aromatic nitrogens is 2. The second kappa shape index (κ2) is 5.99. The number of nitrogens with one attached hydrogen (secondary N) is 1. The summed E-state index contributed by atoms with van der Waals surface area (Å²) in [6.07, 6.45) is -4.92. The van der Waals surface area contributed by atoms with Crippen LogP contribution in [0.4, 0.5) is 18.9 Å².